The van der Waals surface area contributed by atoms with E-state index >= 15 is 0 Å². The first-order valence-corrected chi connectivity index (χ1v) is 10.8. The molecule has 0 aromatic carbocycles. The molecule has 0 bridgehead atoms. The van der Waals surface area contributed by atoms with Crippen molar-refractivity contribution in [2.75, 3.05) is 11.9 Å². The monoisotopic (exact) mass is 359 g/mol. The summed E-state index contributed by atoms with van der Waals surface area (Å²) in [7, 11) is 0. The van der Waals surface area contributed by atoms with Crippen LogP contribution in [0.1, 0.15) is 96.8 Å². The third-order valence-electron chi connectivity index (χ3n) is 5.08. The molecule has 0 saturated heterocycles. The lowest BCUT2D eigenvalue weighted by Crippen LogP contribution is -2.05. The number of aromatic nitrogens is 4. The zero-order valence-electron chi connectivity index (χ0n) is 16.6. The Morgan fingerprint density at radius 3 is 1.96 bits per heavy atom. The highest BCUT2D eigenvalue weighted by molar-refractivity contribution is 5.84. The smallest absolute Gasteiger partial charge is 0.176 e. The van der Waals surface area contributed by atoms with E-state index in [0.29, 0.717) is 0 Å². The predicted molar refractivity (Wildman–Crippen MR) is 110 cm³/mol. The van der Waals surface area contributed by atoms with E-state index in [2.05, 4.69) is 32.6 Å². The van der Waals surface area contributed by atoms with Crippen LogP contribution in [0.2, 0.25) is 0 Å². The van der Waals surface area contributed by atoms with Gasteiger partial charge in [-0.15, -0.1) is 10.2 Å². The third-order valence-corrected chi connectivity index (χ3v) is 5.08. The maximum atomic E-state index is 4.08. The lowest BCUT2D eigenvalue weighted by molar-refractivity contribution is 0.537. The summed E-state index contributed by atoms with van der Waals surface area (Å²) in [5.41, 5.74) is 1.81. The summed E-state index contributed by atoms with van der Waals surface area (Å²) in [6.45, 7) is 3.23. The van der Waals surface area contributed by atoms with Crippen LogP contribution in [0.15, 0.2) is 12.3 Å². The number of rotatable bonds is 16. The molecule has 0 aliphatic carbocycles. The second kappa shape index (κ2) is 13.5. The Kier molecular flexibility index (Phi) is 10.8. The summed E-state index contributed by atoms with van der Waals surface area (Å²) in [6.07, 6.45) is 21.3. The summed E-state index contributed by atoms with van der Waals surface area (Å²) in [5, 5.41) is 15.2. The first kappa shape index (κ1) is 20.7. The summed E-state index contributed by atoms with van der Waals surface area (Å²) in [5.74, 6) is 0.815. The molecule has 0 radical (unpaired) electrons. The molecule has 5 heteroatoms. The van der Waals surface area contributed by atoms with Gasteiger partial charge in [-0.1, -0.05) is 90.4 Å². The van der Waals surface area contributed by atoms with Crippen molar-refractivity contribution in [1.82, 2.24) is 20.4 Å². The van der Waals surface area contributed by atoms with Crippen LogP contribution in [0, 0.1) is 0 Å². The zero-order valence-corrected chi connectivity index (χ0v) is 16.6. The topological polar surface area (TPSA) is 66.5 Å². The molecule has 2 N–H and O–H groups in total. The molecule has 2 rings (SSSR count). The van der Waals surface area contributed by atoms with Crippen LogP contribution < -0.4 is 5.32 Å². The van der Waals surface area contributed by atoms with Crippen molar-refractivity contribution in [2.45, 2.75) is 96.8 Å². The largest absolute Gasteiger partial charge is 0.367 e. The lowest BCUT2D eigenvalue weighted by atomic mass is 10.0. The summed E-state index contributed by atoms with van der Waals surface area (Å²) in [6, 6.07) is 1.92. The van der Waals surface area contributed by atoms with E-state index in [1.54, 1.807) is 0 Å². The number of hydrogen-bond acceptors (Lipinski definition) is 4. The fourth-order valence-corrected chi connectivity index (χ4v) is 3.45. The predicted octanol–water partition coefficient (Wildman–Crippen LogP) is 6.25. The minimum absolute atomic E-state index is 0.815. The highest BCUT2D eigenvalue weighted by atomic mass is 15.3. The van der Waals surface area contributed by atoms with Crippen LogP contribution in [0.4, 0.5) is 5.82 Å². The number of nitrogens with one attached hydrogen (secondary N) is 2. The van der Waals surface area contributed by atoms with Gasteiger partial charge in [0, 0.05) is 12.7 Å². The van der Waals surface area contributed by atoms with Gasteiger partial charge < -0.3 is 10.3 Å². The van der Waals surface area contributed by atoms with E-state index in [1.807, 2.05) is 12.3 Å². The number of fused-ring (bicyclic) bond motifs is 1. The average molecular weight is 360 g/mol. The number of H-pyrrole nitrogens is 1. The molecule has 2 aromatic heterocycles. The van der Waals surface area contributed by atoms with Crippen molar-refractivity contribution >= 4 is 16.9 Å². The molecule has 2 aromatic rings. The fraction of sp³-hybridized carbons (Fsp3) is 0.762. The normalized spacial score (nSPS) is 11.3. The number of nitrogens with zero attached hydrogens (tertiary/aromatic N) is 3. The lowest BCUT2D eigenvalue weighted by Gasteiger charge is -2.05. The van der Waals surface area contributed by atoms with Gasteiger partial charge in [-0.25, -0.2) is 0 Å². The van der Waals surface area contributed by atoms with E-state index in [1.165, 1.54) is 89.9 Å². The molecular weight excluding hydrogens is 322 g/mol. The molecule has 5 nitrogen and oxygen atoms in total. The van der Waals surface area contributed by atoms with Gasteiger partial charge in [-0.3, -0.25) is 0 Å². The number of anilines is 1. The van der Waals surface area contributed by atoms with Gasteiger partial charge in [-0.2, -0.15) is 0 Å². The Balaban J connectivity index is 1.36. The van der Waals surface area contributed by atoms with Crippen molar-refractivity contribution in [1.29, 1.82) is 0 Å². The van der Waals surface area contributed by atoms with Crippen LogP contribution in [0.25, 0.3) is 11.0 Å². The molecule has 0 amide bonds. The Morgan fingerprint density at radius 2 is 1.35 bits per heavy atom. The minimum Gasteiger partial charge on any atom is -0.367 e. The van der Waals surface area contributed by atoms with E-state index in [-0.39, 0.29) is 0 Å². The van der Waals surface area contributed by atoms with E-state index in [4.69, 9.17) is 0 Å². The van der Waals surface area contributed by atoms with Gasteiger partial charge >= 0.3 is 0 Å². The second-order valence-corrected chi connectivity index (χ2v) is 7.40. The number of aromatic amines is 1. The van der Waals surface area contributed by atoms with Gasteiger partial charge in [0.05, 0.1) is 0 Å². The van der Waals surface area contributed by atoms with E-state index in [9.17, 15) is 0 Å². The Bertz CT molecular complexity index is 581. The molecule has 0 spiro atoms. The van der Waals surface area contributed by atoms with Gasteiger partial charge in [0.1, 0.15) is 11.0 Å². The fourth-order valence-electron chi connectivity index (χ4n) is 3.45. The molecule has 0 fully saturated rings. The SMILES string of the molecule is CCCCCCCCCCCCCCCCNc1nnnc2cc[nH]c12. The third kappa shape index (κ3) is 8.15. The maximum absolute atomic E-state index is 4.08. The van der Waals surface area contributed by atoms with Crippen LogP contribution >= 0.6 is 0 Å². The molecule has 2 heterocycles. The Labute approximate surface area is 158 Å². The summed E-state index contributed by atoms with van der Waals surface area (Å²) in [4.78, 5) is 3.16. The summed E-state index contributed by atoms with van der Waals surface area (Å²) < 4.78 is 0. The van der Waals surface area contributed by atoms with Crippen molar-refractivity contribution in [2.24, 2.45) is 0 Å². The minimum atomic E-state index is 0.815. The van der Waals surface area contributed by atoms with Gasteiger partial charge in [0.15, 0.2) is 5.82 Å². The van der Waals surface area contributed by atoms with Crippen molar-refractivity contribution < 1.29 is 0 Å². The van der Waals surface area contributed by atoms with Crippen molar-refractivity contribution in [3.05, 3.63) is 12.3 Å². The first-order valence-electron chi connectivity index (χ1n) is 10.8. The molecule has 0 aliphatic rings. The first-order chi connectivity index (χ1) is 12.9. The van der Waals surface area contributed by atoms with Gasteiger partial charge in [0.2, 0.25) is 0 Å². The number of hydrogen-bond donors (Lipinski definition) is 2. The van der Waals surface area contributed by atoms with E-state index in [0.717, 1.165) is 23.4 Å². The molecule has 0 unspecified atom stereocenters. The zero-order chi connectivity index (χ0) is 18.3. The van der Waals surface area contributed by atoms with Crippen LogP contribution in [0.5, 0.6) is 0 Å². The standard InChI is InChI=1S/C21H37N5/c1-2-3-4-5-6-7-8-9-10-11-12-13-14-15-17-23-21-20-19(16-18-22-20)24-26-25-21/h16,18,22H,2-15,17H2,1H3,(H,23,24,25). The highest BCUT2D eigenvalue weighted by Crippen LogP contribution is 2.16. The second-order valence-electron chi connectivity index (χ2n) is 7.40. The van der Waals surface area contributed by atoms with Crippen LogP contribution in [-0.2, 0) is 0 Å². The molecular formula is C21H37N5. The molecule has 26 heavy (non-hydrogen) atoms. The molecule has 146 valence electrons. The van der Waals surface area contributed by atoms with Gasteiger partial charge in [0.25, 0.3) is 0 Å². The molecule has 0 aliphatic heterocycles. The maximum Gasteiger partial charge on any atom is 0.176 e. The molecule has 0 saturated carbocycles. The van der Waals surface area contributed by atoms with Gasteiger partial charge in [-0.05, 0) is 17.7 Å². The van der Waals surface area contributed by atoms with Crippen molar-refractivity contribution in [3.8, 4) is 0 Å². The average Bonchev–Trinajstić information content (AvgIpc) is 3.14. The molecule has 0 atom stereocenters. The van der Waals surface area contributed by atoms with E-state index < -0.39 is 0 Å². The summed E-state index contributed by atoms with van der Waals surface area (Å²) >= 11 is 0. The van der Waals surface area contributed by atoms with Crippen LogP contribution in [-0.4, -0.2) is 26.9 Å². The Morgan fingerprint density at radius 1 is 0.769 bits per heavy atom. The van der Waals surface area contributed by atoms with Crippen LogP contribution in [0.3, 0.4) is 0 Å². The Hall–Kier alpha value is -1.65. The quantitative estimate of drug-likeness (QED) is 0.348. The van der Waals surface area contributed by atoms with Crippen molar-refractivity contribution in [3.63, 3.8) is 0 Å². The highest BCUT2D eigenvalue weighted by Gasteiger charge is 2.04. The number of unbranched alkanes of at least 4 members (excludes halogenated alkanes) is 13.